The van der Waals surface area contributed by atoms with E-state index in [0.717, 1.165) is 8.45 Å². The SMILES string of the molecule is CCCCC1=Cc2c(-c3ccccc3)cccc2[CH]1[Ti+2]1([CH]2C(CCCC)=Cc3c(-c4ccccc4)cccc32)[CH]2CCCC[CH]21.[Cl-].[Cl-]. The van der Waals surface area contributed by atoms with E-state index in [2.05, 4.69) is 123 Å². The summed E-state index contributed by atoms with van der Waals surface area (Å²) in [6.07, 6.45) is 19.0. The molecule has 2 fully saturated rings. The first-order chi connectivity index (χ1) is 22.3. The van der Waals surface area contributed by atoms with E-state index in [0.29, 0.717) is 8.45 Å². The Labute approximate surface area is 299 Å². The second kappa shape index (κ2) is 14.6. The summed E-state index contributed by atoms with van der Waals surface area (Å²) in [5.74, 6) is 0. The third-order valence-electron chi connectivity index (χ3n) is 12.1. The van der Waals surface area contributed by atoms with E-state index in [1.54, 1.807) is 22.3 Å². The van der Waals surface area contributed by atoms with Crippen LogP contribution in [0.3, 0.4) is 0 Å². The second-order valence-electron chi connectivity index (χ2n) is 14.4. The molecule has 8 rings (SSSR count). The Balaban J connectivity index is 0.00000193. The maximum atomic E-state index is 2.72. The predicted molar refractivity (Wildman–Crippen MR) is 190 cm³/mol. The number of allylic oxidation sites excluding steroid dienone is 2. The molecule has 1 saturated heterocycles. The summed E-state index contributed by atoms with van der Waals surface area (Å²) in [4.78, 5) is 0. The van der Waals surface area contributed by atoms with Crippen molar-refractivity contribution in [3.63, 3.8) is 0 Å². The maximum Gasteiger partial charge on any atom is -1.00 e. The number of halogens is 2. The van der Waals surface area contributed by atoms with Gasteiger partial charge in [0.05, 0.1) is 0 Å². The average molecular weight is 696 g/mol. The van der Waals surface area contributed by atoms with Gasteiger partial charge < -0.3 is 24.8 Å². The van der Waals surface area contributed by atoms with Gasteiger partial charge in [-0.3, -0.25) is 0 Å². The van der Waals surface area contributed by atoms with Gasteiger partial charge in [-0.2, -0.15) is 0 Å². The van der Waals surface area contributed by atoms with Gasteiger partial charge in [-0.1, -0.05) is 0 Å². The van der Waals surface area contributed by atoms with Crippen molar-refractivity contribution >= 4 is 12.2 Å². The zero-order chi connectivity index (χ0) is 30.4. The fourth-order valence-electron chi connectivity index (χ4n) is 10.3. The monoisotopic (exact) mass is 694 g/mol. The molecule has 0 radical (unpaired) electrons. The normalized spacial score (nSPS) is 23.6. The third kappa shape index (κ3) is 5.76. The van der Waals surface area contributed by atoms with Gasteiger partial charge in [-0.25, -0.2) is 0 Å². The van der Waals surface area contributed by atoms with Crippen LogP contribution in [0.25, 0.3) is 34.4 Å². The molecule has 1 saturated carbocycles. The van der Waals surface area contributed by atoms with Crippen LogP contribution in [0.4, 0.5) is 0 Å². The molecule has 0 amide bonds. The molecular formula is C44H48Cl2Ti. The molecule has 4 aromatic rings. The van der Waals surface area contributed by atoms with Gasteiger partial charge in [0, 0.05) is 0 Å². The van der Waals surface area contributed by atoms with Crippen molar-refractivity contribution in [3.8, 4) is 22.3 Å². The quantitative estimate of drug-likeness (QED) is 0.153. The van der Waals surface area contributed by atoms with Crippen molar-refractivity contribution in [2.75, 3.05) is 0 Å². The van der Waals surface area contributed by atoms with Crippen molar-refractivity contribution in [2.24, 2.45) is 0 Å². The first-order valence-electron chi connectivity index (χ1n) is 18.0. The molecule has 0 aromatic heterocycles. The Morgan fingerprint density at radius 2 is 0.957 bits per heavy atom. The van der Waals surface area contributed by atoms with Crippen LogP contribution in [0.5, 0.6) is 0 Å². The average Bonchev–Trinajstić information content (AvgIpc) is 3.37. The molecule has 4 aliphatic rings. The number of benzene rings is 4. The Hall–Kier alpha value is -2.35. The molecule has 242 valence electrons. The fourth-order valence-corrected chi connectivity index (χ4v) is 24.5. The summed E-state index contributed by atoms with van der Waals surface area (Å²) in [5, 5.41) is 0. The Morgan fingerprint density at radius 3 is 1.36 bits per heavy atom. The minimum absolute atomic E-state index is 0. The molecule has 0 nitrogen and oxygen atoms in total. The van der Waals surface area contributed by atoms with E-state index in [1.165, 1.54) is 86.5 Å². The summed E-state index contributed by atoms with van der Waals surface area (Å²) < 4.78 is 3.40. The molecule has 3 heteroatoms. The Bertz CT molecular complexity index is 1620. The number of hydrogen-bond donors (Lipinski definition) is 0. The largest absolute Gasteiger partial charge is 1.00 e. The van der Waals surface area contributed by atoms with Gasteiger partial charge in [0.2, 0.25) is 0 Å². The molecule has 0 N–H and O–H groups in total. The molecule has 4 unspecified atom stereocenters. The van der Waals surface area contributed by atoms with E-state index < -0.39 is 16.6 Å². The minimum atomic E-state index is -2.66. The van der Waals surface area contributed by atoms with Gasteiger partial charge in [0.1, 0.15) is 0 Å². The summed E-state index contributed by atoms with van der Waals surface area (Å²) in [6, 6.07) is 37.2. The number of unbranched alkanes of at least 4 members (excludes halogenated alkanes) is 2. The van der Waals surface area contributed by atoms with Crippen molar-refractivity contribution in [3.05, 3.63) is 130 Å². The molecule has 4 atom stereocenters. The van der Waals surface area contributed by atoms with Crippen LogP contribution in [0.15, 0.2) is 108 Å². The summed E-state index contributed by atoms with van der Waals surface area (Å²) >= 11 is -2.66. The van der Waals surface area contributed by atoms with Crippen molar-refractivity contribution in [1.29, 1.82) is 0 Å². The van der Waals surface area contributed by atoms with Crippen LogP contribution in [0.1, 0.15) is 109 Å². The first kappa shape index (κ1) is 34.5. The van der Waals surface area contributed by atoms with Crippen LogP contribution in [0, 0.1) is 0 Å². The van der Waals surface area contributed by atoms with E-state index in [1.807, 2.05) is 11.1 Å². The van der Waals surface area contributed by atoms with Crippen LogP contribution < -0.4 is 24.8 Å². The van der Waals surface area contributed by atoms with Gasteiger partial charge in [-0.05, 0) is 0 Å². The predicted octanol–water partition coefficient (Wildman–Crippen LogP) is 7.30. The molecule has 47 heavy (non-hydrogen) atoms. The smallest absolute Gasteiger partial charge is 1.00 e. The summed E-state index contributed by atoms with van der Waals surface area (Å²) in [7, 11) is 0. The second-order valence-corrected chi connectivity index (χ2v) is 21.6. The van der Waals surface area contributed by atoms with Crippen LogP contribution in [-0.2, 0) is 16.6 Å². The topological polar surface area (TPSA) is 0 Å². The maximum absolute atomic E-state index is 2.72. The zero-order valence-electron chi connectivity index (χ0n) is 28.0. The van der Waals surface area contributed by atoms with Crippen LogP contribution in [-0.4, -0.2) is 0 Å². The van der Waals surface area contributed by atoms with Gasteiger partial charge in [-0.15, -0.1) is 0 Å². The van der Waals surface area contributed by atoms with Gasteiger partial charge in [0.15, 0.2) is 0 Å². The standard InChI is InChI=1S/2C19H19.C6H10.2ClH.Ti/c2*1-2-3-8-15-13-17-11-7-12-18(19(17)14-15)16-9-5-4-6-10-16;1-2-4-6-5-3-1;;;/h2*4-7,9-14H,2-3,8H2,1H3;1-2H,3-6H2;2*1H;/q;;;;;+2/p-2. The Morgan fingerprint density at radius 1 is 0.532 bits per heavy atom. The number of fused-ring (bicyclic) bond motifs is 3. The summed E-state index contributed by atoms with van der Waals surface area (Å²) in [5.41, 5.74) is 15.8. The fraction of sp³-hybridized carbons (Fsp3) is 0.364. The minimum Gasteiger partial charge on any atom is -1.00 e. The molecule has 1 aliphatic heterocycles. The zero-order valence-corrected chi connectivity index (χ0v) is 31.1. The van der Waals surface area contributed by atoms with Gasteiger partial charge >= 0.3 is 276 Å². The molecule has 4 aromatic carbocycles. The van der Waals surface area contributed by atoms with Crippen LogP contribution >= 0.6 is 0 Å². The van der Waals surface area contributed by atoms with E-state index in [4.69, 9.17) is 0 Å². The molecule has 0 bridgehead atoms. The third-order valence-corrected chi connectivity index (χ3v) is 22.9. The molecule has 1 heterocycles. The van der Waals surface area contributed by atoms with Crippen molar-refractivity contribution in [1.82, 2.24) is 0 Å². The Kier molecular flexibility index (Phi) is 10.8. The molecular weight excluding hydrogens is 647 g/mol. The van der Waals surface area contributed by atoms with E-state index >= 15 is 0 Å². The first-order valence-corrected chi connectivity index (χ1v) is 21.7. The molecule has 3 aliphatic carbocycles. The molecule has 0 spiro atoms. The number of rotatable bonds is 10. The van der Waals surface area contributed by atoms with Gasteiger partial charge in [0.25, 0.3) is 0 Å². The summed E-state index contributed by atoms with van der Waals surface area (Å²) in [6.45, 7) is 4.76. The number of hydrogen-bond acceptors (Lipinski definition) is 0. The van der Waals surface area contributed by atoms with Crippen LogP contribution in [0.2, 0.25) is 8.45 Å². The van der Waals surface area contributed by atoms with Crippen molar-refractivity contribution in [2.45, 2.75) is 94.9 Å². The van der Waals surface area contributed by atoms with Crippen molar-refractivity contribution < 1.29 is 41.4 Å². The van der Waals surface area contributed by atoms with E-state index in [-0.39, 0.29) is 24.8 Å². The van der Waals surface area contributed by atoms with E-state index in [9.17, 15) is 0 Å².